The molecule has 0 aromatic heterocycles. The molecule has 1 aromatic rings. The van der Waals surface area contributed by atoms with Gasteiger partial charge in [0, 0.05) is 6.04 Å². The lowest BCUT2D eigenvalue weighted by Crippen LogP contribution is -2.39. The van der Waals surface area contributed by atoms with Crippen LogP contribution in [0.1, 0.15) is 33.1 Å². The Balaban J connectivity index is 2.13. The fourth-order valence-electron chi connectivity index (χ4n) is 2.82. The van der Waals surface area contributed by atoms with Crippen molar-refractivity contribution in [2.24, 2.45) is 11.8 Å². The Morgan fingerprint density at radius 1 is 1.24 bits per heavy atom. The maximum Gasteiger partial charge on any atom is 0.240 e. The van der Waals surface area contributed by atoms with Crippen molar-refractivity contribution in [2.75, 3.05) is 12.8 Å². The normalized spacial score (nSPS) is 26.5. The monoisotopic (exact) mass is 312 g/mol. The molecule has 1 saturated carbocycles. The van der Waals surface area contributed by atoms with Crippen molar-refractivity contribution in [1.29, 1.82) is 0 Å². The van der Waals surface area contributed by atoms with E-state index in [9.17, 15) is 8.42 Å². The minimum atomic E-state index is -3.53. The predicted molar refractivity (Wildman–Crippen MR) is 83.7 cm³/mol. The number of rotatable bonds is 4. The quantitative estimate of drug-likeness (QED) is 0.836. The summed E-state index contributed by atoms with van der Waals surface area (Å²) in [4.78, 5) is 0.187. The van der Waals surface area contributed by atoms with Gasteiger partial charge in [-0.25, -0.2) is 13.1 Å². The molecule has 21 heavy (non-hydrogen) atoms. The van der Waals surface area contributed by atoms with Gasteiger partial charge in [0.25, 0.3) is 0 Å². The number of hydrogen-bond donors (Lipinski definition) is 2. The molecule has 0 aliphatic heterocycles. The average molecular weight is 312 g/mol. The van der Waals surface area contributed by atoms with Crippen LogP contribution in [0.3, 0.4) is 0 Å². The molecular formula is C15H24N2O3S. The molecule has 3 unspecified atom stereocenters. The van der Waals surface area contributed by atoms with E-state index in [0.29, 0.717) is 23.3 Å². The van der Waals surface area contributed by atoms with Crippen LogP contribution in [0.25, 0.3) is 0 Å². The molecule has 3 N–H and O–H groups in total. The predicted octanol–water partition coefficient (Wildman–Crippen LogP) is 2.38. The van der Waals surface area contributed by atoms with E-state index in [-0.39, 0.29) is 10.9 Å². The molecule has 3 atom stereocenters. The second-order valence-electron chi connectivity index (χ2n) is 5.99. The van der Waals surface area contributed by atoms with Gasteiger partial charge in [-0.2, -0.15) is 0 Å². The summed E-state index contributed by atoms with van der Waals surface area (Å²) in [6.07, 6.45) is 2.82. The molecule has 1 aliphatic carbocycles. The van der Waals surface area contributed by atoms with E-state index < -0.39 is 10.0 Å². The van der Waals surface area contributed by atoms with E-state index >= 15 is 0 Å². The number of nitrogens with one attached hydrogen (secondary N) is 1. The molecule has 118 valence electrons. The van der Waals surface area contributed by atoms with Crippen LogP contribution < -0.4 is 15.2 Å². The summed E-state index contributed by atoms with van der Waals surface area (Å²) in [5.74, 6) is 1.67. The van der Waals surface area contributed by atoms with E-state index in [0.717, 1.165) is 19.3 Å². The summed E-state index contributed by atoms with van der Waals surface area (Å²) in [6, 6.07) is 4.54. The van der Waals surface area contributed by atoms with Gasteiger partial charge in [-0.1, -0.05) is 13.8 Å². The number of ether oxygens (including phenoxy) is 1. The summed E-state index contributed by atoms with van der Waals surface area (Å²) in [5, 5.41) is 0. The van der Waals surface area contributed by atoms with Crippen LogP contribution in [-0.4, -0.2) is 21.6 Å². The fraction of sp³-hybridized carbons (Fsp3) is 0.600. The van der Waals surface area contributed by atoms with Gasteiger partial charge in [0.1, 0.15) is 5.75 Å². The fourth-order valence-corrected chi connectivity index (χ4v) is 4.14. The molecule has 0 radical (unpaired) electrons. The maximum atomic E-state index is 12.4. The minimum Gasteiger partial charge on any atom is -0.495 e. The Labute approximate surface area is 126 Å². The first kappa shape index (κ1) is 16.1. The molecule has 6 heteroatoms. The molecule has 0 spiro atoms. The third-order valence-corrected chi connectivity index (χ3v) is 5.95. The molecule has 0 heterocycles. The third-order valence-electron chi connectivity index (χ3n) is 4.43. The van der Waals surface area contributed by atoms with E-state index in [2.05, 4.69) is 18.6 Å². The highest BCUT2D eigenvalue weighted by Gasteiger charge is 2.28. The number of sulfonamides is 1. The van der Waals surface area contributed by atoms with E-state index in [1.54, 1.807) is 6.07 Å². The standard InChI is InChI=1S/C15H24N2O3S/c1-10-4-5-12(8-11(10)2)17-21(18,19)13-6-7-15(20-3)14(16)9-13/h6-7,9-12,17H,4-5,8,16H2,1-3H3. The van der Waals surface area contributed by atoms with Gasteiger partial charge in [0.05, 0.1) is 17.7 Å². The van der Waals surface area contributed by atoms with Gasteiger partial charge in [-0.3, -0.25) is 0 Å². The van der Waals surface area contributed by atoms with E-state index in [4.69, 9.17) is 10.5 Å². The number of anilines is 1. The van der Waals surface area contributed by atoms with Crippen LogP contribution in [0.2, 0.25) is 0 Å². The Hall–Kier alpha value is -1.27. The Kier molecular flexibility index (Phi) is 4.78. The van der Waals surface area contributed by atoms with Crippen molar-refractivity contribution in [3.63, 3.8) is 0 Å². The van der Waals surface area contributed by atoms with E-state index in [1.807, 2.05) is 0 Å². The van der Waals surface area contributed by atoms with Crippen molar-refractivity contribution < 1.29 is 13.2 Å². The minimum absolute atomic E-state index is 0.00419. The average Bonchev–Trinajstić information content (AvgIpc) is 2.42. The SMILES string of the molecule is COc1ccc(S(=O)(=O)NC2CCC(C)C(C)C2)cc1N. The number of methoxy groups -OCH3 is 1. The molecule has 2 rings (SSSR count). The van der Waals surface area contributed by atoms with E-state index in [1.165, 1.54) is 19.2 Å². The van der Waals surface area contributed by atoms with Gasteiger partial charge in [0.15, 0.2) is 0 Å². The zero-order valence-electron chi connectivity index (χ0n) is 12.8. The summed E-state index contributed by atoms with van der Waals surface area (Å²) in [6.45, 7) is 4.40. The molecule has 1 aromatic carbocycles. The van der Waals surface area contributed by atoms with Gasteiger partial charge in [0.2, 0.25) is 10.0 Å². The molecule has 0 amide bonds. The molecule has 5 nitrogen and oxygen atoms in total. The largest absolute Gasteiger partial charge is 0.495 e. The first-order valence-electron chi connectivity index (χ1n) is 7.29. The van der Waals surface area contributed by atoms with Crippen LogP contribution in [-0.2, 0) is 10.0 Å². The topological polar surface area (TPSA) is 81.4 Å². The summed E-state index contributed by atoms with van der Waals surface area (Å²) < 4.78 is 32.7. The summed E-state index contributed by atoms with van der Waals surface area (Å²) in [5.41, 5.74) is 6.11. The zero-order valence-corrected chi connectivity index (χ0v) is 13.6. The van der Waals surface area contributed by atoms with Crippen molar-refractivity contribution >= 4 is 15.7 Å². The smallest absolute Gasteiger partial charge is 0.240 e. The van der Waals surface area contributed by atoms with Crippen molar-refractivity contribution in [3.05, 3.63) is 18.2 Å². The van der Waals surface area contributed by atoms with Crippen LogP contribution in [0.4, 0.5) is 5.69 Å². The van der Waals surface area contributed by atoms with Gasteiger partial charge in [-0.05, 0) is 49.3 Å². The second-order valence-corrected chi connectivity index (χ2v) is 7.70. The van der Waals surface area contributed by atoms with Crippen molar-refractivity contribution in [3.8, 4) is 5.75 Å². The lowest BCUT2D eigenvalue weighted by molar-refractivity contribution is 0.242. The number of nitrogens with two attached hydrogens (primary N) is 1. The second kappa shape index (κ2) is 6.23. The van der Waals surface area contributed by atoms with Crippen LogP contribution in [0, 0.1) is 11.8 Å². The van der Waals surface area contributed by atoms with Gasteiger partial charge < -0.3 is 10.5 Å². The molecular weight excluding hydrogens is 288 g/mol. The Morgan fingerprint density at radius 2 is 1.95 bits per heavy atom. The number of hydrogen-bond acceptors (Lipinski definition) is 4. The highest BCUT2D eigenvalue weighted by atomic mass is 32.2. The lowest BCUT2D eigenvalue weighted by atomic mass is 9.79. The number of nitrogen functional groups attached to an aromatic ring is 1. The zero-order chi connectivity index (χ0) is 15.6. The molecule has 1 fully saturated rings. The van der Waals surface area contributed by atoms with Crippen LogP contribution in [0.5, 0.6) is 5.75 Å². The van der Waals surface area contributed by atoms with Gasteiger partial charge >= 0.3 is 0 Å². The molecule has 1 aliphatic rings. The first-order valence-corrected chi connectivity index (χ1v) is 8.77. The maximum absolute atomic E-state index is 12.4. The first-order chi connectivity index (χ1) is 9.83. The molecule has 0 saturated heterocycles. The van der Waals surface area contributed by atoms with Crippen LogP contribution in [0.15, 0.2) is 23.1 Å². The summed E-state index contributed by atoms with van der Waals surface area (Å²) >= 11 is 0. The highest BCUT2D eigenvalue weighted by Crippen LogP contribution is 2.30. The Bertz CT molecular complexity index is 601. The van der Waals surface area contributed by atoms with Gasteiger partial charge in [-0.15, -0.1) is 0 Å². The van der Waals surface area contributed by atoms with Crippen molar-refractivity contribution in [1.82, 2.24) is 4.72 Å². The molecule has 0 bridgehead atoms. The lowest BCUT2D eigenvalue weighted by Gasteiger charge is -2.32. The Morgan fingerprint density at radius 3 is 2.52 bits per heavy atom. The summed E-state index contributed by atoms with van der Waals surface area (Å²) in [7, 11) is -2.03. The van der Waals surface area contributed by atoms with Crippen LogP contribution >= 0.6 is 0 Å². The van der Waals surface area contributed by atoms with Crippen molar-refractivity contribution in [2.45, 2.75) is 44.0 Å². The number of benzene rings is 1. The highest BCUT2D eigenvalue weighted by molar-refractivity contribution is 7.89. The third kappa shape index (κ3) is 3.68.